The Hall–Kier alpha value is -2.67. The Labute approximate surface area is 171 Å². The van der Waals surface area contributed by atoms with Crippen molar-refractivity contribution in [2.75, 3.05) is 26.9 Å². The standard InChI is InChI=1S/C22H29FN2O4/c1-16(26)25-21(15-28-2)22(27)24-14-18-10-8-17(9-11-18)5-4-12-29-20-7-3-6-19(23)13-20/h3,6-8,10-11,13,17,21H,4-5,9,12,14-15H2,1-2H3,(H,24,27)(H,25,26)/t17?,21-/m1/s1. The number of halogens is 1. The van der Waals surface area contributed by atoms with Gasteiger partial charge in [-0.2, -0.15) is 0 Å². The van der Waals surface area contributed by atoms with Crippen LogP contribution in [0.5, 0.6) is 5.75 Å². The van der Waals surface area contributed by atoms with Gasteiger partial charge in [-0.15, -0.1) is 0 Å². The maximum absolute atomic E-state index is 13.1. The van der Waals surface area contributed by atoms with Gasteiger partial charge in [-0.25, -0.2) is 4.39 Å². The highest BCUT2D eigenvalue weighted by Crippen LogP contribution is 2.21. The first-order chi connectivity index (χ1) is 14.0. The lowest BCUT2D eigenvalue weighted by Crippen LogP contribution is -2.49. The average Bonchev–Trinajstić information content (AvgIpc) is 2.70. The molecule has 0 bridgehead atoms. The number of amides is 2. The van der Waals surface area contributed by atoms with Gasteiger partial charge in [0, 0.05) is 26.6 Å². The second-order valence-corrected chi connectivity index (χ2v) is 7.01. The van der Waals surface area contributed by atoms with Crippen molar-refractivity contribution in [1.82, 2.24) is 10.6 Å². The SMILES string of the molecule is COC[C@@H](NC(C)=O)C(=O)NCC1=CCC(CCCOc2cccc(F)c2)C=C1. The van der Waals surface area contributed by atoms with E-state index in [1.165, 1.54) is 26.2 Å². The molecule has 0 fully saturated rings. The Bertz CT molecular complexity index is 748. The molecule has 0 radical (unpaired) electrons. The minimum Gasteiger partial charge on any atom is -0.493 e. The van der Waals surface area contributed by atoms with Crippen LogP contribution in [0.4, 0.5) is 4.39 Å². The first kappa shape index (κ1) is 22.6. The number of ether oxygens (including phenoxy) is 2. The van der Waals surface area contributed by atoms with Gasteiger partial charge in [-0.1, -0.05) is 24.3 Å². The molecule has 0 spiro atoms. The zero-order chi connectivity index (χ0) is 21.1. The predicted octanol–water partition coefficient (Wildman–Crippen LogP) is 2.75. The number of carbonyl (C=O) groups excluding carboxylic acids is 2. The molecule has 0 aromatic heterocycles. The van der Waals surface area contributed by atoms with E-state index in [4.69, 9.17) is 9.47 Å². The molecule has 0 heterocycles. The minimum absolute atomic E-state index is 0.125. The van der Waals surface area contributed by atoms with E-state index in [0.29, 0.717) is 24.8 Å². The van der Waals surface area contributed by atoms with Crippen LogP contribution in [0.15, 0.2) is 48.1 Å². The maximum atomic E-state index is 13.1. The van der Waals surface area contributed by atoms with Crippen LogP contribution in [0, 0.1) is 11.7 Å². The third kappa shape index (κ3) is 8.48. The summed E-state index contributed by atoms with van der Waals surface area (Å²) in [6.45, 7) is 2.45. The third-order valence-electron chi connectivity index (χ3n) is 4.54. The van der Waals surface area contributed by atoms with E-state index in [-0.39, 0.29) is 24.2 Å². The highest BCUT2D eigenvalue weighted by molar-refractivity contribution is 5.87. The summed E-state index contributed by atoms with van der Waals surface area (Å²) < 4.78 is 23.7. The van der Waals surface area contributed by atoms with E-state index < -0.39 is 6.04 Å². The molecule has 7 heteroatoms. The molecule has 2 N–H and O–H groups in total. The van der Waals surface area contributed by atoms with E-state index in [0.717, 1.165) is 24.8 Å². The highest BCUT2D eigenvalue weighted by atomic mass is 19.1. The van der Waals surface area contributed by atoms with Gasteiger partial charge in [0.2, 0.25) is 11.8 Å². The number of allylic oxidation sites excluding steroid dienone is 2. The number of hydrogen-bond donors (Lipinski definition) is 2. The third-order valence-corrected chi connectivity index (χ3v) is 4.54. The van der Waals surface area contributed by atoms with Crippen LogP contribution in [-0.2, 0) is 14.3 Å². The van der Waals surface area contributed by atoms with Crippen LogP contribution < -0.4 is 15.4 Å². The Morgan fingerprint density at radius 1 is 1.34 bits per heavy atom. The van der Waals surface area contributed by atoms with Crippen molar-refractivity contribution in [2.24, 2.45) is 5.92 Å². The number of carbonyl (C=O) groups is 2. The normalized spacial score (nSPS) is 16.7. The van der Waals surface area contributed by atoms with Crippen molar-refractivity contribution in [3.63, 3.8) is 0 Å². The summed E-state index contributed by atoms with van der Waals surface area (Å²) >= 11 is 0. The molecule has 1 aliphatic carbocycles. The summed E-state index contributed by atoms with van der Waals surface area (Å²) in [5.74, 6) is 0.128. The lowest BCUT2D eigenvalue weighted by molar-refractivity contribution is -0.129. The molecular formula is C22H29FN2O4. The zero-order valence-corrected chi connectivity index (χ0v) is 16.9. The molecule has 2 atom stereocenters. The fraction of sp³-hybridized carbons (Fsp3) is 0.455. The lowest BCUT2D eigenvalue weighted by Gasteiger charge is -2.19. The van der Waals surface area contributed by atoms with Crippen LogP contribution in [0.3, 0.4) is 0 Å². The second-order valence-electron chi connectivity index (χ2n) is 7.01. The average molecular weight is 404 g/mol. The van der Waals surface area contributed by atoms with Crippen molar-refractivity contribution in [3.05, 3.63) is 53.9 Å². The molecule has 0 saturated carbocycles. The lowest BCUT2D eigenvalue weighted by atomic mass is 9.93. The Morgan fingerprint density at radius 2 is 2.17 bits per heavy atom. The van der Waals surface area contributed by atoms with Crippen molar-refractivity contribution in [3.8, 4) is 5.75 Å². The molecule has 158 valence electrons. The Balaban J connectivity index is 1.66. The number of hydrogen-bond acceptors (Lipinski definition) is 4. The molecule has 0 aliphatic heterocycles. The van der Waals surface area contributed by atoms with Crippen LogP contribution >= 0.6 is 0 Å². The summed E-state index contributed by atoms with van der Waals surface area (Å²) in [5, 5.41) is 5.40. The number of nitrogens with one attached hydrogen (secondary N) is 2. The summed E-state index contributed by atoms with van der Waals surface area (Å²) in [6, 6.07) is 5.45. The van der Waals surface area contributed by atoms with Crippen LogP contribution in [0.1, 0.15) is 26.2 Å². The van der Waals surface area contributed by atoms with Gasteiger partial charge in [-0.3, -0.25) is 9.59 Å². The number of methoxy groups -OCH3 is 1. The van der Waals surface area contributed by atoms with E-state index in [9.17, 15) is 14.0 Å². The quantitative estimate of drug-likeness (QED) is 0.556. The Kier molecular flexibility index (Phi) is 9.37. The highest BCUT2D eigenvalue weighted by Gasteiger charge is 2.19. The van der Waals surface area contributed by atoms with E-state index in [1.54, 1.807) is 12.1 Å². The molecule has 1 aliphatic rings. The second kappa shape index (κ2) is 12.0. The van der Waals surface area contributed by atoms with Gasteiger partial charge in [0.25, 0.3) is 0 Å². The van der Waals surface area contributed by atoms with Gasteiger partial charge >= 0.3 is 0 Å². The molecular weight excluding hydrogens is 375 g/mol. The van der Waals surface area contributed by atoms with Crippen molar-refractivity contribution in [2.45, 2.75) is 32.2 Å². The predicted molar refractivity (Wildman–Crippen MR) is 109 cm³/mol. The van der Waals surface area contributed by atoms with Gasteiger partial charge in [0.05, 0.1) is 13.2 Å². The summed E-state index contributed by atoms with van der Waals surface area (Å²) in [7, 11) is 1.48. The molecule has 1 unspecified atom stereocenters. The number of benzene rings is 1. The van der Waals surface area contributed by atoms with E-state index in [2.05, 4.69) is 22.8 Å². The van der Waals surface area contributed by atoms with Crippen LogP contribution in [-0.4, -0.2) is 44.7 Å². The Morgan fingerprint density at radius 3 is 2.83 bits per heavy atom. The van der Waals surface area contributed by atoms with Gasteiger partial charge < -0.3 is 20.1 Å². The zero-order valence-electron chi connectivity index (χ0n) is 16.9. The molecule has 1 aromatic rings. The molecule has 2 amide bonds. The molecule has 0 saturated heterocycles. The van der Waals surface area contributed by atoms with Crippen LogP contribution in [0.25, 0.3) is 0 Å². The molecule has 1 aromatic carbocycles. The topological polar surface area (TPSA) is 76.7 Å². The van der Waals surface area contributed by atoms with Crippen LogP contribution in [0.2, 0.25) is 0 Å². The first-order valence-corrected chi connectivity index (χ1v) is 9.77. The summed E-state index contributed by atoms with van der Waals surface area (Å²) in [6.07, 6.45) is 9.02. The molecule has 2 rings (SSSR count). The van der Waals surface area contributed by atoms with Gasteiger partial charge in [0.1, 0.15) is 17.6 Å². The van der Waals surface area contributed by atoms with E-state index in [1.807, 2.05) is 6.08 Å². The first-order valence-electron chi connectivity index (χ1n) is 9.77. The summed E-state index contributed by atoms with van der Waals surface area (Å²) in [5.41, 5.74) is 1.03. The largest absolute Gasteiger partial charge is 0.493 e. The molecule has 29 heavy (non-hydrogen) atoms. The molecule has 6 nitrogen and oxygen atoms in total. The fourth-order valence-electron chi connectivity index (χ4n) is 3.05. The van der Waals surface area contributed by atoms with Crippen molar-refractivity contribution >= 4 is 11.8 Å². The maximum Gasteiger partial charge on any atom is 0.245 e. The van der Waals surface area contributed by atoms with Gasteiger partial charge in [0.15, 0.2) is 0 Å². The van der Waals surface area contributed by atoms with E-state index >= 15 is 0 Å². The monoisotopic (exact) mass is 404 g/mol. The van der Waals surface area contributed by atoms with Crippen molar-refractivity contribution < 1.29 is 23.5 Å². The van der Waals surface area contributed by atoms with Gasteiger partial charge in [-0.05, 0) is 42.9 Å². The smallest absolute Gasteiger partial charge is 0.245 e. The number of rotatable bonds is 11. The fourth-order valence-corrected chi connectivity index (χ4v) is 3.05. The summed E-state index contributed by atoms with van der Waals surface area (Å²) in [4.78, 5) is 23.4. The van der Waals surface area contributed by atoms with Crippen molar-refractivity contribution in [1.29, 1.82) is 0 Å². The minimum atomic E-state index is -0.698.